The Morgan fingerprint density at radius 1 is 1.20 bits per heavy atom. The highest BCUT2D eigenvalue weighted by atomic mass is 32.1. The van der Waals surface area contributed by atoms with E-state index >= 15 is 0 Å². The van der Waals surface area contributed by atoms with E-state index in [1.165, 1.54) is 18.4 Å². The van der Waals surface area contributed by atoms with Crippen molar-refractivity contribution in [2.75, 3.05) is 0 Å². The summed E-state index contributed by atoms with van der Waals surface area (Å²) in [5.41, 5.74) is 1.65. The normalized spacial score (nSPS) is 34.3. The van der Waals surface area contributed by atoms with E-state index in [-0.39, 0.29) is 10.2 Å². The maximum Gasteiger partial charge on any atom is 0.0431 e. The summed E-state index contributed by atoms with van der Waals surface area (Å²) in [5, 5.41) is 0. The second-order valence-corrected chi connectivity index (χ2v) is 6.15. The lowest BCUT2D eigenvalue weighted by Crippen LogP contribution is -2.35. The highest BCUT2D eigenvalue weighted by Crippen LogP contribution is 2.59. The Morgan fingerprint density at radius 3 is 2.27 bits per heavy atom. The van der Waals surface area contributed by atoms with E-state index in [0.29, 0.717) is 0 Å². The van der Waals surface area contributed by atoms with Crippen LogP contribution in [0.25, 0.3) is 0 Å². The molecule has 2 unspecified atom stereocenters. The van der Waals surface area contributed by atoms with Gasteiger partial charge in [-0.25, -0.2) is 0 Å². The number of hydrogen-bond acceptors (Lipinski definition) is 1. The SMILES string of the molecule is CC1CCC(S)(c2ccccc2)C1(C)C. The predicted molar refractivity (Wildman–Crippen MR) is 69.3 cm³/mol. The molecular formula is C14H20S. The average Bonchev–Trinajstić information content (AvgIpc) is 2.45. The van der Waals surface area contributed by atoms with Gasteiger partial charge in [0.1, 0.15) is 0 Å². The molecule has 0 radical (unpaired) electrons. The van der Waals surface area contributed by atoms with Gasteiger partial charge in [-0.15, -0.1) is 0 Å². The molecule has 0 nitrogen and oxygen atoms in total. The molecule has 0 heterocycles. The molecule has 2 atom stereocenters. The van der Waals surface area contributed by atoms with E-state index < -0.39 is 0 Å². The first-order valence-corrected chi connectivity index (χ1v) is 6.21. The highest BCUT2D eigenvalue weighted by molar-refractivity contribution is 7.81. The first-order valence-electron chi connectivity index (χ1n) is 5.76. The summed E-state index contributed by atoms with van der Waals surface area (Å²) < 4.78 is 0.0493. The van der Waals surface area contributed by atoms with Gasteiger partial charge in [-0.2, -0.15) is 12.6 Å². The van der Waals surface area contributed by atoms with Gasteiger partial charge in [0.15, 0.2) is 0 Å². The Balaban J connectivity index is 2.44. The Bertz CT molecular complexity index is 342. The highest BCUT2D eigenvalue weighted by Gasteiger charge is 2.51. The molecule has 1 fully saturated rings. The van der Waals surface area contributed by atoms with Crippen LogP contribution in [-0.2, 0) is 4.75 Å². The van der Waals surface area contributed by atoms with Gasteiger partial charge in [-0.1, -0.05) is 51.1 Å². The topological polar surface area (TPSA) is 0 Å². The quantitative estimate of drug-likeness (QED) is 0.671. The van der Waals surface area contributed by atoms with Crippen LogP contribution in [-0.4, -0.2) is 0 Å². The van der Waals surface area contributed by atoms with Crippen molar-refractivity contribution in [1.29, 1.82) is 0 Å². The van der Waals surface area contributed by atoms with Crippen molar-refractivity contribution >= 4 is 12.6 Å². The van der Waals surface area contributed by atoms with Gasteiger partial charge in [0.25, 0.3) is 0 Å². The molecule has 1 aromatic rings. The Kier molecular flexibility index (Phi) is 2.62. The number of hydrogen-bond donors (Lipinski definition) is 1. The Morgan fingerprint density at radius 2 is 1.80 bits per heavy atom. The van der Waals surface area contributed by atoms with Crippen molar-refractivity contribution in [2.24, 2.45) is 11.3 Å². The summed E-state index contributed by atoms with van der Waals surface area (Å²) in [5.74, 6) is 0.746. The second kappa shape index (κ2) is 3.55. The zero-order valence-electron chi connectivity index (χ0n) is 9.83. The third kappa shape index (κ3) is 1.52. The van der Waals surface area contributed by atoms with Gasteiger partial charge in [-0.3, -0.25) is 0 Å². The molecule has 1 aliphatic rings. The number of rotatable bonds is 1. The van der Waals surface area contributed by atoms with Gasteiger partial charge < -0.3 is 0 Å². The minimum absolute atomic E-state index is 0.0493. The van der Waals surface area contributed by atoms with Crippen molar-refractivity contribution in [3.05, 3.63) is 35.9 Å². The van der Waals surface area contributed by atoms with E-state index in [2.05, 4.69) is 51.1 Å². The summed E-state index contributed by atoms with van der Waals surface area (Å²) in [4.78, 5) is 0. The van der Waals surface area contributed by atoms with Crippen molar-refractivity contribution in [3.8, 4) is 0 Å². The summed E-state index contributed by atoms with van der Waals surface area (Å²) in [6.07, 6.45) is 2.47. The van der Waals surface area contributed by atoms with Gasteiger partial charge in [0.05, 0.1) is 0 Å². The van der Waals surface area contributed by atoms with Crippen LogP contribution in [0.2, 0.25) is 0 Å². The fourth-order valence-electron chi connectivity index (χ4n) is 2.75. The second-order valence-electron chi connectivity index (χ2n) is 5.39. The van der Waals surface area contributed by atoms with Gasteiger partial charge >= 0.3 is 0 Å². The van der Waals surface area contributed by atoms with Crippen molar-refractivity contribution in [1.82, 2.24) is 0 Å². The molecule has 1 aliphatic carbocycles. The lowest BCUT2D eigenvalue weighted by molar-refractivity contribution is 0.228. The average molecular weight is 220 g/mol. The predicted octanol–water partition coefficient (Wildman–Crippen LogP) is 4.27. The van der Waals surface area contributed by atoms with Crippen molar-refractivity contribution < 1.29 is 0 Å². The van der Waals surface area contributed by atoms with E-state index in [1.807, 2.05) is 0 Å². The Hall–Kier alpha value is -0.430. The monoisotopic (exact) mass is 220 g/mol. The van der Waals surface area contributed by atoms with Crippen LogP contribution in [0.5, 0.6) is 0 Å². The minimum Gasteiger partial charge on any atom is -0.167 e. The Labute approximate surface area is 98.5 Å². The molecule has 1 heteroatoms. The van der Waals surface area contributed by atoms with E-state index in [1.54, 1.807) is 0 Å². The van der Waals surface area contributed by atoms with E-state index in [0.717, 1.165) is 5.92 Å². The summed E-state index contributed by atoms with van der Waals surface area (Å²) in [6.45, 7) is 7.05. The van der Waals surface area contributed by atoms with Crippen LogP contribution in [0.4, 0.5) is 0 Å². The van der Waals surface area contributed by atoms with E-state index in [9.17, 15) is 0 Å². The minimum atomic E-state index is 0.0493. The first-order chi connectivity index (χ1) is 6.98. The molecule has 15 heavy (non-hydrogen) atoms. The molecule has 0 N–H and O–H groups in total. The fraction of sp³-hybridized carbons (Fsp3) is 0.571. The fourth-order valence-corrected chi connectivity index (χ4v) is 3.24. The van der Waals surface area contributed by atoms with Gasteiger partial charge in [0, 0.05) is 4.75 Å². The largest absolute Gasteiger partial charge is 0.167 e. The molecule has 0 saturated heterocycles. The number of thiol groups is 1. The molecule has 0 amide bonds. The van der Waals surface area contributed by atoms with Crippen LogP contribution in [0.15, 0.2) is 30.3 Å². The molecule has 0 aliphatic heterocycles. The third-order valence-corrected chi connectivity index (χ3v) is 5.55. The standard InChI is InChI=1S/C14H20S/c1-11-9-10-14(15,13(11,2)3)12-7-5-4-6-8-12/h4-8,11,15H,9-10H2,1-3H3. The molecule has 82 valence electrons. The molecular weight excluding hydrogens is 200 g/mol. The summed E-state index contributed by atoms with van der Waals surface area (Å²) >= 11 is 5.01. The zero-order valence-corrected chi connectivity index (χ0v) is 10.7. The zero-order chi connectivity index (χ0) is 11.1. The van der Waals surface area contributed by atoms with Crippen molar-refractivity contribution in [3.63, 3.8) is 0 Å². The lowest BCUT2D eigenvalue weighted by Gasteiger charge is -2.40. The first kappa shape index (κ1) is 11.1. The maximum absolute atomic E-state index is 5.01. The molecule has 0 aromatic heterocycles. The molecule has 1 saturated carbocycles. The molecule has 2 rings (SSSR count). The molecule has 1 aromatic carbocycles. The van der Waals surface area contributed by atoms with E-state index in [4.69, 9.17) is 12.6 Å². The van der Waals surface area contributed by atoms with Crippen LogP contribution in [0.1, 0.15) is 39.2 Å². The van der Waals surface area contributed by atoms with Gasteiger partial charge in [-0.05, 0) is 29.7 Å². The summed E-state index contributed by atoms with van der Waals surface area (Å²) in [6, 6.07) is 10.7. The van der Waals surface area contributed by atoms with Crippen LogP contribution >= 0.6 is 12.6 Å². The van der Waals surface area contributed by atoms with Crippen LogP contribution in [0.3, 0.4) is 0 Å². The lowest BCUT2D eigenvalue weighted by atomic mass is 9.72. The molecule has 0 spiro atoms. The maximum atomic E-state index is 5.01. The van der Waals surface area contributed by atoms with Crippen molar-refractivity contribution in [2.45, 2.75) is 38.4 Å². The number of benzene rings is 1. The van der Waals surface area contributed by atoms with Crippen LogP contribution < -0.4 is 0 Å². The smallest absolute Gasteiger partial charge is 0.0431 e. The van der Waals surface area contributed by atoms with Crippen LogP contribution in [0, 0.1) is 11.3 Å². The van der Waals surface area contributed by atoms with Gasteiger partial charge in [0.2, 0.25) is 0 Å². The molecule has 0 bridgehead atoms. The summed E-state index contributed by atoms with van der Waals surface area (Å²) in [7, 11) is 0. The third-order valence-electron chi connectivity index (χ3n) is 4.49.